The molecule has 0 bridgehead atoms. The molecule has 1 aromatic carbocycles. The molecule has 0 aliphatic carbocycles. The lowest BCUT2D eigenvalue weighted by atomic mass is 10.2. The van der Waals surface area contributed by atoms with E-state index in [1.54, 1.807) is 12.3 Å². The van der Waals surface area contributed by atoms with Crippen LogP contribution in [0.3, 0.4) is 0 Å². The fourth-order valence-corrected chi connectivity index (χ4v) is 1.45. The lowest BCUT2D eigenvalue weighted by Gasteiger charge is -2.09. The molecule has 0 spiro atoms. The van der Waals surface area contributed by atoms with Crippen LogP contribution in [-0.4, -0.2) is 17.3 Å². The van der Waals surface area contributed by atoms with Gasteiger partial charge in [-0.25, -0.2) is 4.39 Å². The van der Waals surface area contributed by atoms with Crippen molar-refractivity contribution in [1.29, 1.82) is 0 Å². The Labute approximate surface area is 99.5 Å². The Morgan fingerprint density at radius 1 is 1.53 bits per heavy atom. The highest BCUT2D eigenvalue weighted by Gasteiger charge is 2.14. The number of hydrogen-bond donors (Lipinski definition) is 2. The molecule has 2 N–H and O–H groups in total. The van der Waals surface area contributed by atoms with Crippen LogP contribution in [-0.2, 0) is 0 Å². The van der Waals surface area contributed by atoms with Gasteiger partial charge in [0.25, 0.3) is 0 Å². The zero-order valence-electron chi connectivity index (χ0n) is 10.2. The van der Waals surface area contributed by atoms with Crippen molar-refractivity contribution in [3.05, 3.63) is 30.9 Å². The Kier molecular flexibility index (Phi) is 4.51. The Bertz CT molecular complexity index is 508. The summed E-state index contributed by atoms with van der Waals surface area (Å²) < 4.78 is 18.8. The van der Waals surface area contributed by atoms with Crippen molar-refractivity contribution in [2.75, 3.05) is 12.4 Å². The maximum absolute atomic E-state index is 13.8. The minimum Gasteiger partial charge on any atom is -0.492 e. The van der Waals surface area contributed by atoms with Crippen LogP contribution in [0.4, 0.5) is 10.1 Å². The number of nitrogens with one attached hydrogen (secondary N) is 2. The molecule has 0 saturated carbocycles. The number of halogens is 1. The minimum atomic E-state index is -0.461. The zero-order chi connectivity index (χ0) is 12.8. The fraction of sp³-hybridized carbons (Fsp3) is 0.250. The van der Waals surface area contributed by atoms with E-state index < -0.39 is 5.82 Å². The maximum Gasteiger partial charge on any atom is 0.192 e. The summed E-state index contributed by atoms with van der Waals surface area (Å²) in [4.78, 5) is 0. The number of hydrogen-bond acceptors (Lipinski definition) is 3. The molecule has 0 saturated heterocycles. The van der Waals surface area contributed by atoms with Crippen molar-refractivity contribution in [1.82, 2.24) is 10.2 Å². The van der Waals surface area contributed by atoms with Crippen molar-refractivity contribution in [2.45, 2.75) is 13.8 Å². The van der Waals surface area contributed by atoms with Crippen molar-refractivity contribution >= 4 is 16.6 Å². The molecule has 5 heteroatoms. The van der Waals surface area contributed by atoms with E-state index in [9.17, 15) is 4.39 Å². The first-order valence-corrected chi connectivity index (χ1v) is 5.35. The lowest BCUT2D eigenvalue weighted by molar-refractivity contribution is 0.390. The largest absolute Gasteiger partial charge is 0.492 e. The highest BCUT2D eigenvalue weighted by atomic mass is 19.1. The Balaban J connectivity index is 0.000000686. The minimum absolute atomic E-state index is 0.145. The van der Waals surface area contributed by atoms with E-state index in [0.29, 0.717) is 16.6 Å². The summed E-state index contributed by atoms with van der Waals surface area (Å²) in [5.41, 5.74) is 0.861. The second kappa shape index (κ2) is 5.89. The van der Waals surface area contributed by atoms with Crippen LogP contribution >= 0.6 is 0 Å². The third-order valence-electron chi connectivity index (χ3n) is 2.09. The third-order valence-corrected chi connectivity index (χ3v) is 2.09. The van der Waals surface area contributed by atoms with E-state index in [4.69, 9.17) is 4.74 Å². The highest BCUT2D eigenvalue weighted by Crippen LogP contribution is 2.33. The molecule has 0 atom stereocenters. The van der Waals surface area contributed by atoms with Gasteiger partial charge < -0.3 is 10.1 Å². The summed E-state index contributed by atoms with van der Waals surface area (Å²) >= 11 is 0. The van der Waals surface area contributed by atoms with Crippen molar-refractivity contribution in [2.24, 2.45) is 0 Å². The molecule has 0 unspecified atom stereocenters. The number of benzene rings is 1. The Morgan fingerprint density at radius 2 is 2.24 bits per heavy atom. The molecule has 2 rings (SSSR count). The van der Waals surface area contributed by atoms with Gasteiger partial charge in [0.2, 0.25) is 0 Å². The average Bonchev–Trinajstić information content (AvgIpc) is 2.81. The van der Waals surface area contributed by atoms with E-state index in [1.807, 2.05) is 13.8 Å². The molecule has 1 heterocycles. The monoisotopic (exact) mass is 237 g/mol. The van der Waals surface area contributed by atoms with Crippen molar-refractivity contribution in [3.63, 3.8) is 0 Å². The lowest BCUT2D eigenvalue weighted by Crippen LogP contribution is -1.96. The molecule has 2 aromatic rings. The van der Waals surface area contributed by atoms with E-state index in [0.717, 1.165) is 0 Å². The summed E-state index contributed by atoms with van der Waals surface area (Å²) in [6.45, 7) is 7.52. The van der Waals surface area contributed by atoms with Gasteiger partial charge in [0, 0.05) is 5.39 Å². The van der Waals surface area contributed by atoms with Gasteiger partial charge in [0.05, 0.1) is 19.0 Å². The third kappa shape index (κ3) is 2.38. The molecule has 0 aliphatic rings. The van der Waals surface area contributed by atoms with Gasteiger partial charge in [-0.3, -0.25) is 5.10 Å². The SMILES string of the molecule is C=CNc1cc2cn[nH]c2c(F)c1OC.CC. The topological polar surface area (TPSA) is 49.9 Å². The summed E-state index contributed by atoms with van der Waals surface area (Å²) in [6.07, 6.45) is 3.01. The number of fused-ring (bicyclic) bond motifs is 1. The molecule has 1 aromatic heterocycles. The number of anilines is 1. The first-order valence-electron chi connectivity index (χ1n) is 5.35. The van der Waals surface area contributed by atoms with Gasteiger partial charge in [-0.2, -0.15) is 5.10 Å². The molecular weight excluding hydrogens is 221 g/mol. The first-order chi connectivity index (χ1) is 8.27. The Morgan fingerprint density at radius 3 is 2.82 bits per heavy atom. The molecule has 0 aliphatic heterocycles. The van der Waals surface area contributed by atoms with E-state index >= 15 is 0 Å². The van der Waals surface area contributed by atoms with Gasteiger partial charge >= 0.3 is 0 Å². The molecule has 17 heavy (non-hydrogen) atoms. The molecule has 0 radical (unpaired) electrons. The average molecular weight is 237 g/mol. The van der Waals surface area contributed by atoms with Gasteiger partial charge in [-0.1, -0.05) is 20.4 Å². The summed E-state index contributed by atoms with van der Waals surface area (Å²) in [7, 11) is 1.41. The standard InChI is InChI=1S/C10H10FN3O.C2H6/c1-3-12-7-4-6-5-13-14-9(6)8(11)10(7)15-2;1-2/h3-5,12H,1H2,2H3,(H,13,14);1-2H3. The van der Waals surface area contributed by atoms with Gasteiger partial charge in [0.1, 0.15) is 5.52 Å². The second-order valence-electron chi connectivity index (χ2n) is 2.95. The molecule has 0 fully saturated rings. The number of aromatic nitrogens is 2. The maximum atomic E-state index is 13.8. The second-order valence-corrected chi connectivity index (χ2v) is 2.95. The fourth-order valence-electron chi connectivity index (χ4n) is 1.45. The quantitative estimate of drug-likeness (QED) is 0.861. The molecule has 4 nitrogen and oxygen atoms in total. The first kappa shape index (κ1) is 13.0. The van der Waals surface area contributed by atoms with Crippen LogP contribution in [0.1, 0.15) is 13.8 Å². The summed E-state index contributed by atoms with van der Waals surface area (Å²) in [6, 6.07) is 1.74. The van der Waals surface area contributed by atoms with Crippen molar-refractivity contribution in [3.8, 4) is 5.75 Å². The van der Waals surface area contributed by atoms with E-state index in [2.05, 4.69) is 22.1 Å². The predicted octanol–water partition coefficient (Wildman–Crippen LogP) is 3.29. The number of nitrogens with zero attached hydrogens (tertiary/aromatic N) is 1. The zero-order valence-corrected chi connectivity index (χ0v) is 10.2. The van der Waals surface area contributed by atoms with Crippen LogP contribution in [0.15, 0.2) is 25.0 Å². The van der Waals surface area contributed by atoms with Gasteiger partial charge in [0.15, 0.2) is 11.6 Å². The van der Waals surface area contributed by atoms with Crippen LogP contribution in [0, 0.1) is 5.82 Å². The molecule has 92 valence electrons. The Hall–Kier alpha value is -2.04. The van der Waals surface area contributed by atoms with Crippen molar-refractivity contribution < 1.29 is 9.13 Å². The van der Waals surface area contributed by atoms with Crippen LogP contribution < -0.4 is 10.1 Å². The normalized spacial score (nSPS) is 9.41. The van der Waals surface area contributed by atoms with Crippen LogP contribution in [0.2, 0.25) is 0 Å². The van der Waals surface area contributed by atoms with Crippen LogP contribution in [0.25, 0.3) is 10.9 Å². The highest BCUT2D eigenvalue weighted by molar-refractivity contribution is 5.86. The number of ether oxygens (including phenoxy) is 1. The predicted molar refractivity (Wildman–Crippen MR) is 67.8 cm³/mol. The van der Waals surface area contributed by atoms with Crippen LogP contribution in [0.5, 0.6) is 5.75 Å². The van der Waals surface area contributed by atoms with E-state index in [-0.39, 0.29) is 5.75 Å². The number of H-pyrrole nitrogens is 1. The van der Waals surface area contributed by atoms with Gasteiger partial charge in [-0.15, -0.1) is 0 Å². The molecule has 0 amide bonds. The molecular formula is C12H16FN3O. The summed E-state index contributed by atoms with van der Waals surface area (Å²) in [5, 5.41) is 9.82. The summed E-state index contributed by atoms with van der Waals surface area (Å²) in [5.74, 6) is -0.316. The number of aromatic amines is 1. The smallest absolute Gasteiger partial charge is 0.192 e. The number of methoxy groups -OCH3 is 1. The number of rotatable bonds is 3. The van der Waals surface area contributed by atoms with E-state index in [1.165, 1.54) is 13.3 Å². The van der Waals surface area contributed by atoms with Gasteiger partial charge in [-0.05, 0) is 12.3 Å².